The number of aliphatic hydroxyl groups is 1. The summed E-state index contributed by atoms with van der Waals surface area (Å²) >= 11 is 0.934. The quantitative estimate of drug-likeness (QED) is 0.207. The smallest absolute Gasteiger partial charge is 0.350 e. The molecular weight excluding hydrogens is 472 g/mol. The third kappa shape index (κ3) is 4.57. The van der Waals surface area contributed by atoms with Crippen LogP contribution in [-0.2, 0) is 14.3 Å². The number of carbonyl (C=O) groups is 3. The van der Waals surface area contributed by atoms with E-state index < -0.39 is 23.7 Å². The van der Waals surface area contributed by atoms with E-state index in [0.29, 0.717) is 23.6 Å². The fraction of sp³-hybridized carbons (Fsp3) is 0.280. The number of furan rings is 1. The number of thiazole rings is 1. The Hall–Kier alpha value is -3.92. The molecule has 9 nitrogen and oxygen atoms in total. The maximum Gasteiger partial charge on any atom is 0.350 e. The number of amides is 1. The van der Waals surface area contributed by atoms with E-state index in [4.69, 9.17) is 13.9 Å². The molecule has 3 heterocycles. The molecule has 0 aliphatic carbocycles. The van der Waals surface area contributed by atoms with Gasteiger partial charge in [0.2, 0.25) is 0 Å². The number of nitrogens with zero attached hydrogens (tertiary/aromatic N) is 2. The van der Waals surface area contributed by atoms with Crippen LogP contribution >= 0.6 is 11.3 Å². The van der Waals surface area contributed by atoms with Gasteiger partial charge in [-0.3, -0.25) is 14.5 Å². The molecule has 2 aromatic heterocycles. The van der Waals surface area contributed by atoms with Gasteiger partial charge in [-0.05, 0) is 44.5 Å². The first kappa shape index (κ1) is 24.2. The van der Waals surface area contributed by atoms with Crippen molar-refractivity contribution in [2.45, 2.75) is 33.2 Å². The van der Waals surface area contributed by atoms with Crippen molar-refractivity contribution in [2.75, 3.05) is 18.1 Å². The molecule has 0 spiro atoms. The van der Waals surface area contributed by atoms with Crippen LogP contribution in [0.4, 0.5) is 5.13 Å². The Morgan fingerprint density at radius 3 is 2.71 bits per heavy atom. The second-order valence-corrected chi connectivity index (χ2v) is 8.67. The van der Waals surface area contributed by atoms with Crippen LogP contribution in [-0.4, -0.2) is 41.0 Å². The molecule has 35 heavy (non-hydrogen) atoms. The SMILES string of the molecule is CCCOc1cccc(C(O)=C2C(=O)C(=O)N(c3nc(C)c(C(=O)OCC)s3)C2c2ccco2)c1. The molecule has 1 atom stereocenters. The first-order valence-electron chi connectivity index (χ1n) is 11.1. The van der Waals surface area contributed by atoms with Crippen molar-refractivity contribution >= 4 is 39.9 Å². The van der Waals surface area contributed by atoms with Crippen LogP contribution in [0, 0.1) is 6.92 Å². The van der Waals surface area contributed by atoms with Crippen molar-refractivity contribution in [1.82, 2.24) is 4.98 Å². The summed E-state index contributed by atoms with van der Waals surface area (Å²) in [5.74, 6) is -1.94. The van der Waals surface area contributed by atoms with Gasteiger partial charge in [0, 0.05) is 5.56 Å². The van der Waals surface area contributed by atoms with Gasteiger partial charge in [-0.1, -0.05) is 30.4 Å². The Labute approximate surface area is 205 Å². The lowest BCUT2D eigenvalue weighted by atomic mass is 9.99. The van der Waals surface area contributed by atoms with Gasteiger partial charge in [0.1, 0.15) is 28.2 Å². The van der Waals surface area contributed by atoms with Crippen LogP contribution in [0.25, 0.3) is 5.76 Å². The fourth-order valence-electron chi connectivity index (χ4n) is 3.73. The zero-order valence-corrected chi connectivity index (χ0v) is 20.3. The number of ketones is 1. The van der Waals surface area contributed by atoms with Gasteiger partial charge in [0.25, 0.3) is 5.78 Å². The number of hydrogen-bond acceptors (Lipinski definition) is 9. The summed E-state index contributed by atoms with van der Waals surface area (Å²) in [6.07, 6.45) is 2.21. The van der Waals surface area contributed by atoms with Crippen molar-refractivity contribution in [2.24, 2.45) is 0 Å². The predicted molar refractivity (Wildman–Crippen MR) is 129 cm³/mol. The summed E-state index contributed by atoms with van der Waals surface area (Å²) in [6.45, 7) is 5.96. The maximum atomic E-state index is 13.2. The van der Waals surface area contributed by atoms with E-state index in [2.05, 4.69) is 4.98 Å². The Balaban J connectivity index is 1.83. The number of benzene rings is 1. The van der Waals surface area contributed by atoms with E-state index in [1.165, 1.54) is 6.26 Å². The average Bonchev–Trinajstić information content (AvgIpc) is 3.57. The first-order valence-corrected chi connectivity index (χ1v) is 11.9. The number of aryl methyl sites for hydroxylation is 1. The highest BCUT2D eigenvalue weighted by Gasteiger charge is 2.49. The van der Waals surface area contributed by atoms with Crippen LogP contribution in [0.2, 0.25) is 0 Å². The summed E-state index contributed by atoms with van der Waals surface area (Å²) in [6, 6.07) is 8.79. The van der Waals surface area contributed by atoms with Gasteiger partial charge in [0.05, 0.1) is 30.7 Å². The molecule has 1 amide bonds. The zero-order chi connectivity index (χ0) is 25.1. The Morgan fingerprint density at radius 2 is 2.03 bits per heavy atom. The molecule has 3 aromatic rings. The maximum absolute atomic E-state index is 13.2. The minimum atomic E-state index is -1.08. The number of aromatic nitrogens is 1. The lowest BCUT2D eigenvalue weighted by Crippen LogP contribution is -2.29. The number of Topliss-reactive ketones (excluding diaryl/α,β-unsaturated/α-hetero) is 1. The number of rotatable bonds is 8. The van der Waals surface area contributed by atoms with Crippen LogP contribution in [0.1, 0.15) is 53.0 Å². The van der Waals surface area contributed by atoms with Gasteiger partial charge < -0.3 is 19.0 Å². The monoisotopic (exact) mass is 496 g/mol. The molecule has 1 fully saturated rings. The van der Waals surface area contributed by atoms with Crippen molar-refractivity contribution in [3.63, 3.8) is 0 Å². The third-order valence-electron chi connectivity index (χ3n) is 5.29. The van der Waals surface area contributed by atoms with Gasteiger partial charge in [0.15, 0.2) is 5.13 Å². The lowest BCUT2D eigenvalue weighted by Gasteiger charge is -2.20. The molecule has 0 radical (unpaired) electrons. The summed E-state index contributed by atoms with van der Waals surface area (Å²) < 4.78 is 16.3. The molecule has 1 aliphatic rings. The summed E-state index contributed by atoms with van der Waals surface area (Å²) in [4.78, 5) is 44.4. The van der Waals surface area contributed by atoms with E-state index in [-0.39, 0.29) is 33.7 Å². The standard InChI is InChI=1S/C25H24N2O7S/c1-4-11-33-16-9-6-8-15(13-16)20(28)18-19(17-10-7-12-34-17)27(23(30)21(18)29)25-26-14(3)22(35-25)24(31)32-5-2/h6-10,12-13,19,28H,4-5,11H2,1-3H3. The highest BCUT2D eigenvalue weighted by molar-refractivity contribution is 7.17. The molecule has 1 saturated heterocycles. The molecule has 10 heteroatoms. The van der Waals surface area contributed by atoms with E-state index in [1.54, 1.807) is 50.2 Å². The summed E-state index contributed by atoms with van der Waals surface area (Å²) in [5.41, 5.74) is 0.531. The predicted octanol–water partition coefficient (Wildman–Crippen LogP) is 4.64. The summed E-state index contributed by atoms with van der Waals surface area (Å²) in [7, 11) is 0. The molecule has 1 aromatic carbocycles. The van der Waals surface area contributed by atoms with E-state index >= 15 is 0 Å². The van der Waals surface area contributed by atoms with Gasteiger partial charge >= 0.3 is 11.9 Å². The van der Waals surface area contributed by atoms with Crippen molar-refractivity contribution < 1.29 is 33.4 Å². The Kier molecular flexibility index (Phi) is 7.02. The van der Waals surface area contributed by atoms with E-state index in [1.807, 2.05) is 6.92 Å². The normalized spacial score (nSPS) is 17.1. The third-order valence-corrected chi connectivity index (χ3v) is 6.43. The number of aliphatic hydroxyl groups excluding tert-OH is 1. The molecular formula is C25H24N2O7S. The zero-order valence-electron chi connectivity index (χ0n) is 19.4. The largest absolute Gasteiger partial charge is 0.507 e. The highest BCUT2D eigenvalue weighted by atomic mass is 32.1. The average molecular weight is 497 g/mol. The molecule has 1 unspecified atom stereocenters. The van der Waals surface area contributed by atoms with Crippen LogP contribution in [0.5, 0.6) is 5.75 Å². The molecule has 1 N–H and O–H groups in total. The van der Waals surface area contributed by atoms with Crippen molar-refractivity contribution in [3.8, 4) is 5.75 Å². The van der Waals surface area contributed by atoms with Gasteiger partial charge in [-0.2, -0.15) is 0 Å². The molecule has 1 aliphatic heterocycles. The Bertz CT molecular complexity index is 1290. The first-order chi connectivity index (χ1) is 16.9. The topological polar surface area (TPSA) is 119 Å². The second-order valence-electron chi connectivity index (χ2n) is 7.69. The summed E-state index contributed by atoms with van der Waals surface area (Å²) in [5, 5.41) is 11.3. The molecule has 0 bridgehead atoms. The number of ether oxygens (including phenoxy) is 2. The molecule has 0 saturated carbocycles. The minimum Gasteiger partial charge on any atom is -0.507 e. The van der Waals surface area contributed by atoms with Crippen LogP contribution in [0.3, 0.4) is 0 Å². The molecule has 182 valence electrons. The fourth-order valence-corrected chi connectivity index (χ4v) is 4.71. The van der Waals surface area contributed by atoms with Gasteiger partial charge in [-0.15, -0.1) is 0 Å². The minimum absolute atomic E-state index is 0.119. The number of anilines is 1. The van der Waals surface area contributed by atoms with Crippen molar-refractivity contribution in [1.29, 1.82) is 0 Å². The van der Waals surface area contributed by atoms with Crippen LogP contribution < -0.4 is 9.64 Å². The highest BCUT2D eigenvalue weighted by Crippen LogP contribution is 2.44. The number of esters is 1. The molecule has 4 rings (SSSR count). The lowest BCUT2D eigenvalue weighted by molar-refractivity contribution is -0.132. The number of hydrogen-bond donors (Lipinski definition) is 1. The van der Waals surface area contributed by atoms with Gasteiger partial charge in [-0.25, -0.2) is 9.78 Å². The Morgan fingerprint density at radius 1 is 1.23 bits per heavy atom. The van der Waals surface area contributed by atoms with Crippen LogP contribution in [0.15, 0.2) is 52.7 Å². The second kappa shape index (κ2) is 10.1. The van der Waals surface area contributed by atoms with E-state index in [9.17, 15) is 19.5 Å². The van der Waals surface area contributed by atoms with Crippen molar-refractivity contribution in [3.05, 3.63) is 70.1 Å². The number of carbonyl (C=O) groups excluding carboxylic acids is 3. The van der Waals surface area contributed by atoms with E-state index in [0.717, 1.165) is 22.7 Å².